The average molecular weight is 583 g/mol. The summed E-state index contributed by atoms with van der Waals surface area (Å²) in [5.74, 6) is -5.00. The molecule has 0 heterocycles. The summed E-state index contributed by atoms with van der Waals surface area (Å²) in [6.45, 7) is 1.54. The Labute approximate surface area is 238 Å². The molecule has 0 saturated heterocycles. The fourth-order valence-corrected chi connectivity index (χ4v) is 3.74. The summed E-state index contributed by atoms with van der Waals surface area (Å²) in [6, 6.07) is 0. The minimum atomic E-state index is -2.23. The second kappa shape index (κ2) is 29.7. The Morgan fingerprint density at radius 3 is 1.00 bits per heavy atom. The van der Waals surface area contributed by atoms with Crippen molar-refractivity contribution in [3.05, 3.63) is 0 Å². The van der Waals surface area contributed by atoms with Crippen molar-refractivity contribution in [1.29, 1.82) is 0 Å². The zero-order chi connectivity index (χ0) is 31.2. The van der Waals surface area contributed by atoms with Gasteiger partial charge in [-0.3, -0.25) is 19.2 Å². The standard InChI is InChI=1S/C18H36O2.C7H10O7.C3H8O3/c1-2-3-4-5-6-7-8-9-10-11-12-13-14-15-16-17-18(19)20;8-4(9)1-7(14,2-5(10)11)3-6(12)13;4-1-3(6)2-5/h2-17H2,1H3,(H,19,20);14H,1-3H2,(H,8,9)(H,10,11)(H,12,13);3-6H,1-2H2. The number of carbonyl (C=O) groups is 4. The van der Waals surface area contributed by atoms with Crippen LogP contribution in [0.5, 0.6) is 0 Å². The molecule has 0 aliphatic heterocycles. The van der Waals surface area contributed by atoms with Crippen LogP contribution < -0.4 is 0 Å². The molecule has 0 aromatic carbocycles. The maximum atomic E-state index is 10.3. The van der Waals surface area contributed by atoms with Crippen molar-refractivity contribution in [3.63, 3.8) is 0 Å². The van der Waals surface area contributed by atoms with E-state index in [1.165, 1.54) is 83.5 Å². The number of hydrogen-bond acceptors (Lipinski definition) is 8. The van der Waals surface area contributed by atoms with Crippen molar-refractivity contribution in [2.24, 2.45) is 0 Å². The molecule has 0 aromatic rings. The van der Waals surface area contributed by atoms with Crippen molar-refractivity contribution in [2.75, 3.05) is 13.2 Å². The van der Waals surface area contributed by atoms with E-state index < -0.39 is 54.8 Å². The lowest BCUT2D eigenvalue weighted by molar-refractivity contribution is -0.153. The van der Waals surface area contributed by atoms with E-state index in [-0.39, 0.29) is 13.2 Å². The monoisotopic (exact) mass is 582 g/mol. The van der Waals surface area contributed by atoms with E-state index in [0.717, 1.165) is 12.8 Å². The zero-order valence-corrected chi connectivity index (χ0v) is 24.1. The lowest BCUT2D eigenvalue weighted by atomic mass is 9.92. The first kappa shape index (κ1) is 42.2. The molecule has 0 bridgehead atoms. The van der Waals surface area contributed by atoms with E-state index in [9.17, 15) is 24.3 Å². The number of carboxylic acids is 4. The van der Waals surface area contributed by atoms with Gasteiger partial charge in [-0.1, -0.05) is 96.8 Å². The fourth-order valence-electron chi connectivity index (χ4n) is 3.74. The number of aliphatic carboxylic acids is 4. The van der Waals surface area contributed by atoms with E-state index in [2.05, 4.69) is 6.92 Å². The molecule has 40 heavy (non-hydrogen) atoms. The fraction of sp³-hybridized carbons (Fsp3) is 0.857. The van der Waals surface area contributed by atoms with E-state index in [0.29, 0.717) is 6.42 Å². The van der Waals surface area contributed by atoms with Gasteiger partial charge in [0.2, 0.25) is 0 Å². The largest absolute Gasteiger partial charge is 0.481 e. The lowest BCUT2D eigenvalue weighted by Crippen LogP contribution is -2.36. The summed E-state index contributed by atoms with van der Waals surface area (Å²) >= 11 is 0. The Morgan fingerprint density at radius 2 is 0.800 bits per heavy atom. The van der Waals surface area contributed by atoms with Crippen LogP contribution in [0.25, 0.3) is 0 Å². The molecule has 238 valence electrons. The van der Waals surface area contributed by atoms with Gasteiger partial charge in [-0.15, -0.1) is 0 Å². The number of aliphatic hydroxyl groups is 4. The summed E-state index contributed by atoms with van der Waals surface area (Å²) < 4.78 is 0. The predicted molar refractivity (Wildman–Crippen MR) is 149 cm³/mol. The molecule has 8 N–H and O–H groups in total. The van der Waals surface area contributed by atoms with Crippen LogP contribution in [0.15, 0.2) is 0 Å². The first-order valence-corrected chi connectivity index (χ1v) is 14.3. The Kier molecular flexibility index (Phi) is 31.3. The molecule has 0 unspecified atom stereocenters. The molecule has 0 fully saturated rings. The molecule has 0 saturated carbocycles. The molecule has 0 rings (SSSR count). The van der Waals surface area contributed by atoms with Crippen LogP contribution in [-0.2, 0) is 19.2 Å². The van der Waals surface area contributed by atoms with Crippen molar-refractivity contribution in [3.8, 4) is 0 Å². The minimum absolute atomic E-state index is 0.345. The SMILES string of the molecule is CCCCCCCCCCCCCCCCCC(=O)O.O=C(O)CC(O)(CC(=O)O)CC(=O)O.OCC(O)CO. The Hall–Kier alpha value is -2.28. The van der Waals surface area contributed by atoms with Crippen molar-refractivity contribution >= 4 is 23.9 Å². The van der Waals surface area contributed by atoms with Crippen LogP contribution in [0.2, 0.25) is 0 Å². The smallest absolute Gasteiger partial charge is 0.306 e. The van der Waals surface area contributed by atoms with Gasteiger partial charge < -0.3 is 40.9 Å². The summed E-state index contributed by atoms with van der Waals surface area (Å²) in [5.41, 5.74) is -2.23. The van der Waals surface area contributed by atoms with Gasteiger partial charge in [-0.2, -0.15) is 0 Å². The third kappa shape index (κ3) is 37.9. The van der Waals surface area contributed by atoms with Crippen LogP contribution in [-0.4, -0.2) is 89.6 Å². The molecule has 0 spiro atoms. The molecule has 0 aliphatic carbocycles. The van der Waals surface area contributed by atoms with Crippen LogP contribution >= 0.6 is 0 Å². The molecule has 0 aliphatic rings. The van der Waals surface area contributed by atoms with Crippen molar-refractivity contribution in [1.82, 2.24) is 0 Å². The van der Waals surface area contributed by atoms with Gasteiger partial charge >= 0.3 is 23.9 Å². The number of unbranched alkanes of at least 4 members (excludes halogenated alkanes) is 14. The highest BCUT2D eigenvalue weighted by atomic mass is 16.4. The highest BCUT2D eigenvalue weighted by molar-refractivity contribution is 5.76. The number of aliphatic hydroxyl groups excluding tert-OH is 3. The second-order valence-corrected chi connectivity index (χ2v) is 10.0. The van der Waals surface area contributed by atoms with Crippen LogP contribution in [0.3, 0.4) is 0 Å². The molecular formula is C28H54O12. The van der Waals surface area contributed by atoms with Gasteiger partial charge in [0, 0.05) is 6.42 Å². The second-order valence-electron chi connectivity index (χ2n) is 10.0. The molecule has 0 amide bonds. The Bertz CT molecular complexity index is 594. The van der Waals surface area contributed by atoms with Gasteiger partial charge in [0.25, 0.3) is 0 Å². The molecule has 12 heteroatoms. The third-order valence-electron chi connectivity index (χ3n) is 5.86. The van der Waals surface area contributed by atoms with E-state index in [4.69, 9.17) is 35.7 Å². The van der Waals surface area contributed by atoms with Gasteiger partial charge in [-0.05, 0) is 6.42 Å². The van der Waals surface area contributed by atoms with Crippen molar-refractivity contribution in [2.45, 2.75) is 141 Å². The first-order chi connectivity index (χ1) is 18.8. The average Bonchev–Trinajstić information content (AvgIpc) is 2.84. The predicted octanol–water partition coefficient (Wildman–Crippen LogP) is 3.81. The summed E-state index contributed by atoms with van der Waals surface area (Å²) in [7, 11) is 0. The lowest BCUT2D eigenvalue weighted by Gasteiger charge is -2.21. The number of carboxylic acid groups (broad SMARTS) is 4. The van der Waals surface area contributed by atoms with Gasteiger partial charge in [0.15, 0.2) is 0 Å². The molecule has 0 atom stereocenters. The normalized spacial score (nSPS) is 10.8. The van der Waals surface area contributed by atoms with Crippen LogP contribution in [0, 0.1) is 0 Å². The number of hydrogen-bond donors (Lipinski definition) is 8. The molecule has 0 radical (unpaired) electrons. The molecule has 12 nitrogen and oxygen atoms in total. The Balaban J connectivity index is -0.000000591. The molecular weight excluding hydrogens is 528 g/mol. The minimum Gasteiger partial charge on any atom is -0.481 e. The summed E-state index contributed by atoms with van der Waals surface area (Å²) in [6.07, 6.45) is 16.5. The zero-order valence-electron chi connectivity index (χ0n) is 24.1. The third-order valence-corrected chi connectivity index (χ3v) is 5.86. The first-order valence-electron chi connectivity index (χ1n) is 14.3. The molecule has 0 aromatic heterocycles. The topological polar surface area (TPSA) is 230 Å². The van der Waals surface area contributed by atoms with E-state index in [1.54, 1.807) is 0 Å². The van der Waals surface area contributed by atoms with Crippen LogP contribution in [0.1, 0.15) is 129 Å². The maximum Gasteiger partial charge on any atom is 0.306 e. The summed E-state index contributed by atoms with van der Waals surface area (Å²) in [4.78, 5) is 41.0. The van der Waals surface area contributed by atoms with E-state index >= 15 is 0 Å². The van der Waals surface area contributed by atoms with E-state index in [1.807, 2.05) is 0 Å². The van der Waals surface area contributed by atoms with Gasteiger partial charge in [0.1, 0.15) is 6.10 Å². The highest BCUT2D eigenvalue weighted by Crippen LogP contribution is 2.20. The summed E-state index contributed by atoms with van der Waals surface area (Å²) in [5, 5.41) is 66.9. The maximum absolute atomic E-state index is 10.3. The number of rotatable bonds is 24. The van der Waals surface area contributed by atoms with Crippen molar-refractivity contribution < 1.29 is 60.0 Å². The van der Waals surface area contributed by atoms with Gasteiger partial charge in [0.05, 0.1) is 38.1 Å². The highest BCUT2D eigenvalue weighted by Gasteiger charge is 2.35. The Morgan fingerprint density at radius 1 is 0.525 bits per heavy atom. The van der Waals surface area contributed by atoms with Gasteiger partial charge in [-0.25, -0.2) is 0 Å². The van der Waals surface area contributed by atoms with Crippen LogP contribution in [0.4, 0.5) is 0 Å². The quantitative estimate of drug-likeness (QED) is 0.0759.